The van der Waals surface area contributed by atoms with E-state index in [0.717, 1.165) is 12.8 Å². The van der Waals surface area contributed by atoms with Gasteiger partial charge >= 0.3 is 0 Å². The minimum Gasteiger partial charge on any atom is -0.482 e. The number of nitrogens with two attached hydrogens (primary N) is 1. The van der Waals surface area contributed by atoms with Crippen LogP contribution in [0.5, 0.6) is 5.75 Å². The lowest BCUT2D eigenvalue weighted by molar-refractivity contribution is -0.123. The molecule has 0 bridgehead atoms. The number of benzene rings is 1. The van der Waals surface area contributed by atoms with Crippen molar-refractivity contribution < 1.29 is 14.3 Å². The van der Waals surface area contributed by atoms with E-state index in [0.29, 0.717) is 23.5 Å². The summed E-state index contributed by atoms with van der Waals surface area (Å²) in [5.41, 5.74) is 6.78. The van der Waals surface area contributed by atoms with Crippen molar-refractivity contribution in [3.05, 3.63) is 23.8 Å². The Balaban J connectivity index is 2.57. The molecule has 0 aliphatic rings. The predicted octanol–water partition coefficient (Wildman–Crippen LogP) is 2.40. The Bertz CT molecular complexity index is 498. The Labute approximate surface area is 125 Å². The number of unbranched alkanes of at least 4 members (excludes halogenated alkanes) is 1. The molecule has 3 N–H and O–H groups in total. The van der Waals surface area contributed by atoms with Crippen LogP contribution in [0.4, 0.5) is 5.69 Å². The predicted molar refractivity (Wildman–Crippen MR) is 83.4 cm³/mol. The van der Waals surface area contributed by atoms with Crippen molar-refractivity contribution in [1.82, 2.24) is 5.32 Å². The van der Waals surface area contributed by atoms with Crippen molar-refractivity contribution in [2.75, 3.05) is 18.9 Å². The summed E-state index contributed by atoms with van der Waals surface area (Å²) >= 11 is 0. The van der Waals surface area contributed by atoms with Gasteiger partial charge in [0.25, 0.3) is 5.91 Å². The standard InChI is InChI=1S/C16H24N2O3/c1-4-5-8-18-15(19)10-21-14-7-6-12(9-13(14)17)16(20)11(2)3/h6-7,9,11H,4-5,8,10,17H2,1-3H3,(H,18,19). The van der Waals surface area contributed by atoms with Gasteiger partial charge in [-0.1, -0.05) is 27.2 Å². The maximum Gasteiger partial charge on any atom is 0.257 e. The summed E-state index contributed by atoms with van der Waals surface area (Å²) in [5, 5.41) is 2.76. The highest BCUT2D eigenvalue weighted by atomic mass is 16.5. The van der Waals surface area contributed by atoms with Crippen molar-refractivity contribution in [2.24, 2.45) is 5.92 Å². The van der Waals surface area contributed by atoms with Crippen LogP contribution < -0.4 is 15.8 Å². The van der Waals surface area contributed by atoms with Crippen molar-refractivity contribution in [3.63, 3.8) is 0 Å². The summed E-state index contributed by atoms with van der Waals surface area (Å²) in [6, 6.07) is 4.89. The molecule has 1 rings (SSSR count). The van der Waals surface area contributed by atoms with Crippen LogP contribution in [0.1, 0.15) is 44.0 Å². The van der Waals surface area contributed by atoms with Crippen molar-refractivity contribution >= 4 is 17.4 Å². The van der Waals surface area contributed by atoms with Gasteiger partial charge < -0.3 is 15.8 Å². The normalized spacial score (nSPS) is 10.5. The summed E-state index contributed by atoms with van der Waals surface area (Å²) in [6.07, 6.45) is 1.97. The van der Waals surface area contributed by atoms with E-state index in [9.17, 15) is 9.59 Å². The third kappa shape index (κ3) is 5.45. The van der Waals surface area contributed by atoms with E-state index in [1.807, 2.05) is 13.8 Å². The number of amides is 1. The maximum absolute atomic E-state index is 11.9. The third-order valence-corrected chi connectivity index (χ3v) is 3.03. The summed E-state index contributed by atoms with van der Waals surface area (Å²) in [5.74, 6) is 0.192. The molecule has 116 valence electrons. The molecule has 0 aliphatic carbocycles. The zero-order valence-corrected chi connectivity index (χ0v) is 12.9. The first kappa shape index (κ1) is 17.0. The Morgan fingerprint density at radius 3 is 2.62 bits per heavy atom. The van der Waals surface area contributed by atoms with E-state index in [-0.39, 0.29) is 24.2 Å². The first-order valence-electron chi connectivity index (χ1n) is 7.29. The molecule has 1 aromatic carbocycles. The highest BCUT2D eigenvalue weighted by Crippen LogP contribution is 2.23. The number of hydrogen-bond donors (Lipinski definition) is 2. The molecule has 0 aliphatic heterocycles. The monoisotopic (exact) mass is 292 g/mol. The maximum atomic E-state index is 11.9. The van der Waals surface area contributed by atoms with E-state index >= 15 is 0 Å². The largest absolute Gasteiger partial charge is 0.482 e. The SMILES string of the molecule is CCCCNC(=O)COc1ccc(C(=O)C(C)C)cc1N. The van der Waals surface area contributed by atoms with E-state index in [1.165, 1.54) is 0 Å². The van der Waals surface area contributed by atoms with Gasteiger partial charge in [-0.25, -0.2) is 0 Å². The Morgan fingerprint density at radius 1 is 1.33 bits per heavy atom. The molecule has 0 saturated heterocycles. The summed E-state index contributed by atoms with van der Waals surface area (Å²) < 4.78 is 5.38. The summed E-state index contributed by atoms with van der Waals surface area (Å²) in [4.78, 5) is 23.4. The second kappa shape index (κ2) is 8.29. The fraction of sp³-hybridized carbons (Fsp3) is 0.500. The first-order valence-corrected chi connectivity index (χ1v) is 7.29. The molecule has 0 heterocycles. The zero-order chi connectivity index (χ0) is 15.8. The van der Waals surface area contributed by atoms with Crippen molar-refractivity contribution in [2.45, 2.75) is 33.6 Å². The van der Waals surface area contributed by atoms with Gasteiger partial charge in [-0.3, -0.25) is 9.59 Å². The van der Waals surface area contributed by atoms with E-state index in [4.69, 9.17) is 10.5 Å². The molecule has 1 aromatic rings. The van der Waals surface area contributed by atoms with Crippen LogP contribution in [-0.2, 0) is 4.79 Å². The molecule has 0 radical (unpaired) electrons. The number of nitrogen functional groups attached to an aromatic ring is 1. The van der Waals surface area contributed by atoms with Crippen LogP contribution in [0, 0.1) is 5.92 Å². The Kier molecular flexibility index (Phi) is 6.72. The Morgan fingerprint density at radius 2 is 2.05 bits per heavy atom. The van der Waals surface area contributed by atoms with Crippen LogP contribution in [0.3, 0.4) is 0 Å². The number of Topliss-reactive ketones (excluding diaryl/α,β-unsaturated/α-hetero) is 1. The van der Waals surface area contributed by atoms with Gasteiger partial charge in [0.1, 0.15) is 5.75 Å². The van der Waals surface area contributed by atoms with Gasteiger partial charge in [0.15, 0.2) is 12.4 Å². The minimum atomic E-state index is -0.176. The number of ether oxygens (including phenoxy) is 1. The second-order valence-electron chi connectivity index (χ2n) is 5.26. The topological polar surface area (TPSA) is 81.4 Å². The molecule has 0 spiro atoms. The number of anilines is 1. The van der Waals surface area contributed by atoms with Gasteiger partial charge in [0, 0.05) is 18.0 Å². The average Bonchev–Trinajstić information content (AvgIpc) is 2.45. The lowest BCUT2D eigenvalue weighted by Gasteiger charge is -2.11. The van der Waals surface area contributed by atoms with Gasteiger partial charge in [-0.05, 0) is 24.6 Å². The fourth-order valence-corrected chi connectivity index (χ4v) is 1.77. The van der Waals surface area contributed by atoms with Gasteiger partial charge in [-0.2, -0.15) is 0 Å². The second-order valence-corrected chi connectivity index (χ2v) is 5.26. The molecule has 0 aromatic heterocycles. The molecule has 5 nitrogen and oxygen atoms in total. The molecule has 1 amide bonds. The lowest BCUT2D eigenvalue weighted by atomic mass is 10.0. The molecule has 21 heavy (non-hydrogen) atoms. The van der Waals surface area contributed by atoms with Crippen LogP contribution >= 0.6 is 0 Å². The number of hydrogen-bond acceptors (Lipinski definition) is 4. The van der Waals surface area contributed by atoms with Crippen LogP contribution in [0.25, 0.3) is 0 Å². The molecule has 0 unspecified atom stereocenters. The van der Waals surface area contributed by atoms with E-state index in [2.05, 4.69) is 12.2 Å². The average molecular weight is 292 g/mol. The number of carbonyl (C=O) groups excluding carboxylic acids is 2. The van der Waals surface area contributed by atoms with E-state index < -0.39 is 0 Å². The highest BCUT2D eigenvalue weighted by Gasteiger charge is 2.13. The zero-order valence-electron chi connectivity index (χ0n) is 12.9. The van der Waals surface area contributed by atoms with Crippen LogP contribution in [0.15, 0.2) is 18.2 Å². The molecule has 0 atom stereocenters. The van der Waals surface area contributed by atoms with Crippen molar-refractivity contribution in [1.29, 1.82) is 0 Å². The van der Waals surface area contributed by atoms with Gasteiger partial charge in [0.05, 0.1) is 5.69 Å². The third-order valence-electron chi connectivity index (χ3n) is 3.03. The van der Waals surface area contributed by atoms with Crippen LogP contribution in [-0.4, -0.2) is 24.8 Å². The highest BCUT2D eigenvalue weighted by molar-refractivity contribution is 5.98. The Hall–Kier alpha value is -2.04. The van der Waals surface area contributed by atoms with Crippen molar-refractivity contribution in [3.8, 4) is 5.75 Å². The summed E-state index contributed by atoms with van der Waals surface area (Å²) in [7, 11) is 0. The molecule has 0 saturated carbocycles. The van der Waals surface area contributed by atoms with Gasteiger partial charge in [-0.15, -0.1) is 0 Å². The number of ketones is 1. The van der Waals surface area contributed by atoms with Gasteiger partial charge in [0.2, 0.25) is 0 Å². The number of nitrogens with one attached hydrogen (secondary N) is 1. The minimum absolute atomic E-state index is 0.0329. The lowest BCUT2D eigenvalue weighted by Crippen LogP contribution is -2.29. The first-order chi connectivity index (χ1) is 9.95. The quantitative estimate of drug-likeness (QED) is 0.438. The smallest absolute Gasteiger partial charge is 0.257 e. The number of carbonyl (C=O) groups is 2. The summed E-state index contributed by atoms with van der Waals surface area (Å²) in [6.45, 7) is 6.30. The molecule has 0 fully saturated rings. The van der Waals surface area contributed by atoms with E-state index in [1.54, 1.807) is 18.2 Å². The fourth-order valence-electron chi connectivity index (χ4n) is 1.77. The molecular formula is C16H24N2O3. The molecular weight excluding hydrogens is 268 g/mol. The number of rotatable bonds is 8. The molecule has 5 heteroatoms. The van der Waals surface area contributed by atoms with Crippen LogP contribution in [0.2, 0.25) is 0 Å².